The Labute approximate surface area is 127 Å². The second kappa shape index (κ2) is 4.85. The van der Waals surface area contributed by atoms with Crippen molar-refractivity contribution in [2.75, 3.05) is 31.2 Å². The van der Waals surface area contributed by atoms with E-state index >= 15 is 0 Å². The fourth-order valence-corrected chi connectivity index (χ4v) is 2.90. The molecule has 1 fully saturated rings. The monoisotopic (exact) mass is 349 g/mol. The molecule has 0 amide bonds. The Hall–Kier alpha value is -1.86. The van der Waals surface area contributed by atoms with E-state index in [2.05, 4.69) is 25.9 Å². The van der Waals surface area contributed by atoms with Gasteiger partial charge in [0.2, 0.25) is 11.5 Å². The van der Waals surface area contributed by atoms with E-state index in [-0.39, 0.29) is 11.1 Å². The number of nitrogens with zero attached hydrogens (tertiary/aromatic N) is 2. The molecule has 4 rings (SSSR count). The molecule has 0 spiro atoms. The van der Waals surface area contributed by atoms with Crippen LogP contribution >= 0.6 is 15.9 Å². The highest BCUT2D eigenvalue weighted by Crippen LogP contribution is 2.28. The third-order valence-electron chi connectivity index (χ3n) is 3.58. The molecule has 0 unspecified atom stereocenters. The van der Waals surface area contributed by atoms with Gasteiger partial charge in [-0.3, -0.25) is 9.78 Å². The number of aromatic amines is 1. The lowest BCUT2D eigenvalue weighted by Crippen LogP contribution is -2.38. The highest BCUT2D eigenvalue weighted by atomic mass is 79.9. The van der Waals surface area contributed by atoms with Gasteiger partial charge in [0.15, 0.2) is 0 Å². The molecule has 1 aliphatic heterocycles. The number of fused-ring (bicyclic) bond motifs is 3. The number of halogens is 1. The predicted octanol–water partition coefficient (Wildman–Crippen LogP) is 2.27. The van der Waals surface area contributed by atoms with E-state index in [4.69, 9.17) is 9.15 Å². The van der Waals surface area contributed by atoms with E-state index < -0.39 is 0 Å². The van der Waals surface area contributed by atoms with Crippen molar-refractivity contribution in [2.24, 2.45) is 0 Å². The topological polar surface area (TPSA) is 71.4 Å². The van der Waals surface area contributed by atoms with Gasteiger partial charge in [0, 0.05) is 22.9 Å². The number of rotatable bonds is 1. The van der Waals surface area contributed by atoms with Crippen molar-refractivity contribution in [3.8, 4) is 0 Å². The number of ether oxygens (including phenoxy) is 1. The molecule has 6 nitrogen and oxygen atoms in total. The molecule has 21 heavy (non-hydrogen) atoms. The Bertz CT molecular complexity index is 880. The lowest BCUT2D eigenvalue weighted by atomic mass is 10.2. The molecule has 1 aromatic carbocycles. The van der Waals surface area contributed by atoms with Gasteiger partial charge in [0.1, 0.15) is 11.1 Å². The van der Waals surface area contributed by atoms with Crippen LogP contribution in [0.5, 0.6) is 0 Å². The fraction of sp³-hybridized carbons (Fsp3) is 0.286. The molecule has 2 aromatic heterocycles. The highest BCUT2D eigenvalue weighted by Gasteiger charge is 2.18. The smallest absolute Gasteiger partial charge is 0.296 e. The molecule has 1 N–H and O–H groups in total. The van der Waals surface area contributed by atoms with E-state index in [1.807, 2.05) is 23.1 Å². The summed E-state index contributed by atoms with van der Waals surface area (Å²) in [5.41, 5.74) is 1.26. The Balaban J connectivity index is 1.96. The zero-order chi connectivity index (χ0) is 14.4. The van der Waals surface area contributed by atoms with E-state index in [9.17, 15) is 4.79 Å². The molecule has 0 radical (unpaired) electrons. The van der Waals surface area contributed by atoms with E-state index in [0.717, 1.165) is 9.86 Å². The van der Waals surface area contributed by atoms with Crippen molar-refractivity contribution in [1.82, 2.24) is 9.97 Å². The summed E-state index contributed by atoms with van der Waals surface area (Å²) < 4.78 is 11.9. The molecule has 0 saturated carbocycles. The lowest BCUT2D eigenvalue weighted by Gasteiger charge is -2.26. The van der Waals surface area contributed by atoms with E-state index in [0.29, 0.717) is 43.4 Å². The largest absolute Gasteiger partial charge is 0.449 e. The number of benzene rings is 1. The Morgan fingerprint density at radius 2 is 2.10 bits per heavy atom. The molecule has 0 atom stereocenters. The predicted molar refractivity (Wildman–Crippen MR) is 82.9 cm³/mol. The van der Waals surface area contributed by atoms with Gasteiger partial charge in [-0.2, -0.15) is 0 Å². The van der Waals surface area contributed by atoms with Crippen molar-refractivity contribution in [3.63, 3.8) is 0 Å². The van der Waals surface area contributed by atoms with Crippen molar-refractivity contribution in [2.45, 2.75) is 0 Å². The molecule has 1 aliphatic rings. The molecule has 0 aliphatic carbocycles. The van der Waals surface area contributed by atoms with Gasteiger partial charge in [0.05, 0.1) is 13.2 Å². The van der Waals surface area contributed by atoms with Crippen molar-refractivity contribution < 1.29 is 9.15 Å². The van der Waals surface area contributed by atoms with Crippen LogP contribution in [0.3, 0.4) is 0 Å². The normalized spacial score (nSPS) is 16.0. The van der Waals surface area contributed by atoms with E-state index in [1.54, 1.807) is 0 Å². The van der Waals surface area contributed by atoms with Crippen molar-refractivity contribution >= 4 is 43.9 Å². The summed E-state index contributed by atoms with van der Waals surface area (Å²) in [6, 6.07) is 5.62. The Morgan fingerprint density at radius 3 is 2.90 bits per heavy atom. The van der Waals surface area contributed by atoms with Gasteiger partial charge in [-0.15, -0.1) is 0 Å². The molecule has 1 saturated heterocycles. The third kappa shape index (κ3) is 2.13. The third-order valence-corrected chi connectivity index (χ3v) is 4.08. The Kier molecular flexibility index (Phi) is 2.97. The van der Waals surface area contributed by atoms with E-state index in [1.165, 1.54) is 0 Å². The van der Waals surface area contributed by atoms with Crippen LogP contribution < -0.4 is 10.5 Å². The first-order valence-corrected chi connectivity index (χ1v) is 7.46. The van der Waals surface area contributed by atoms with Gasteiger partial charge in [-0.1, -0.05) is 15.9 Å². The standard InChI is InChI=1S/C14H12BrN3O3/c15-8-1-2-10-9(7-8)11-12(21-10)13(19)17-14(16-11)18-3-5-20-6-4-18/h1-2,7H,3-6H2,(H,16,17,19). The number of aromatic nitrogens is 2. The average Bonchev–Trinajstić information content (AvgIpc) is 2.87. The molecule has 108 valence electrons. The molecular formula is C14H12BrN3O3. The number of anilines is 1. The van der Waals surface area contributed by atoms with Gasteiger partial charge < -0.3 is 14.1 Å². The van der Waals surface area contributed by atoms with Gasteiger partial charge >= 0.3 is 0 Å². The summed E-state index contributed by atoms with van der Waals surface area (Å²) in [5, 5.41) is 0.833. The van der Waals surface area contributed by atoms with Crippen molar-refractivity contribution in [3.05, 3.63) is 33.0 Å². The van der Waals surface area contributed by atoms with Gasteiger partial charge in [0.25, 0.3) is 5.56 Å². The van der Waals surface area contributed by atoms with Crippen LogP contribution in [0.1, 0.15) is 0 Å². The molecule has 0 bridgehead atoms. The number of hydrogen-bond acceptors (Lipinski definition) is 5. The van der Waals surface area contributed by atoms with Crippen LogP contribution in [0.15, 0.2) is 31.9 Å². The molecule has 7 heteroatoms. The van der Waals surface area contributed by atoms with Crippen LogP contribution in [0.4, 0.5) is 5.95 Å². The summed E-state index contributed by atoms with van der Waals surface area (Å²) in [7, 11) is 0. The Morgan fingerprint density at radius 1 is 1.29 bits per heavy atom. The maximum absolute atomic E-state index is 12.2. The quantitative estimate of drug-likeness (QED) is 0.729. The minimum Gasteiger partial charge on any atom is -0.449 e. The summed E-state index contributed by atoms with van der Waals surface area (Å²) in [6.07, 6.45) is 0. The minimum atomic E-state index is -0.256. The first-order chi connectivity index (χ1) is 10.2. The average molecular weight is 350 g/mol. The zero-order valence-electron chi connectivity index (χ0n) is 11.1. The van der Waals surface area contributed by atoms with Crippen LogP contribution in [0, 0.1) is 0 Å². The second-order valence-electron chi connectivity index (χ2n) is 4.91. The highest BCUT2D eigenvalue weighted by molar-refractivity contribution is 9.10. The summed E-state index contributed by atoms with van der Waals surface area (Å²) in [4.78, 5) is 21.6. The molecule has 3 aromatic rings. The molecular weight excluding hydrogens is 338 g/mol. The summed E-state index contributed by atoms with van der Waals surface area (Å²) >= 11 is 3.43. The summed E-state index contributed by atoms with van der Waals surface area (Å²) in [6.45, 7) is 2.71. The zero-order valence-corrected chi connectivity index (χ0v) is 12.6. The number of morpholine rings is 1. The maximum atomic E-state index is 12.2. The first kappa shape index (κ1) is 12.8. The second-order valence-corrected chi connectivity index (χ2v) is 5.82. The van der Waals surface area contributed by atoms with Crippen LogP contribution in [0.2, 0.25) is 0 Å². The number of nitrogens with one attached hydrogen (secondary N) is 1. The minimum absolute atomic E-state index is 0.256. The number of H-pyrrole nitrogens is 1. The fourth-order valence-electron chi connectivity index (χ4n) is 2.54. The maximum Gasteiger partial charge on any atom is 0.296 e. The van der Waals surface area contributed by atoms with Gasteiger partial charge in [-0.25, -0.2) is 4.98 Å². The number of furan rings is 1. The van der Waals surface area contributed by atoms with Crippen LogP contribution in [-0.2, 0) is 4.74 Å². The lowest BCUT2D eigenvalue weighted by molar-refractivity contribution is 0.122. The SMILES string of the molecule is O=c1[nH]c(N2CCOCC2)nc2c1oc1ccc(Br)cc12. The molecule has 3 heterocycles. The first-order valence-electron chi connectivity index (χ1n) is 6.67. The van der Waals surface area contributed by atoms with Crippen molar-refractivity contribution in [1.29, 1.82) is 0 Å². The van der Waals surface area contributed by atoms with Gasteiger partial charge in [-0.05, 0) is 18.2 Å². The number of hydrogen-bond donors (Lipinski definition) is 1. The summed E-state index contributed by atoms with van der Waals surface area (Å²) in [5.74, 6) is 0.568. The van der Waals surface area contributed by atoms with Crippen LogP contribution in [-0.4, -0.2) is 36.3 Å². The van der Waals surface area contributed by atoms with Crippen LogP contribution in [0.25, 0.3) is 22.1 Å².